The molecule has 2 aromatic rings. The monoisotopic (exact) mass is 202 g/mol. The molecule has 0 saturated heterocycles. The van der Waals surface area contributed by atoms with E-state index >= 15 is 0 Å². The van der Waals surface area contributed by atoms with Crippen molar-refractivity contribution in [2.24, 2.45) is 0 Å². The average molecular weight is 202 g/mol. The molecule has 1 aromatic heterocycles. The minimum atomic E-state index is 0.588. The Bertz CT molecular complexity index is 477. The summed E-state index contributed by atoms with van der Waals surface area (Å²) in [5, 5.41) is 3.70. The molecule has 78 valence electrons. The van der Waals surface area contributed by atoms with E-state index in [2.05, 4.69) is 38.1 Å². The number of hydrogen-bond donors (Lipinski definition) is 1. The summed E-state index contributed by atoms with van der Waals surface area (Å²) in [6.07, 6.45) is 1.54. The standard InChI is InChI=1S/C12H14N2O/c1-7-4-8(2)11(9(3)5-7)12-10(13)6-14-15-12/h4-6H,13H2,1-3H3. The maximum Gasteiger partial charge on any atom is 0.190 e. The SMILES string of the molecule is Cc1cc(C)c(-c2oncc2N)c(C)c1. The number of anilines is 1. The van der Waals surface area contributed by atoms with Crippen molar-refractivity contribution in [1.29, 1.82) is 0 Å². The van der Waals surface area contributed by atoms with E-state index in [0.29, 0.717) is 11.4 Å². The van der Waals surface area contributed by atoms with Crippen LogP contribution in [0, 0.1) is 20.8 Å². The number of nitrogens with two attached hydrogens (primary N) is 1. The Morgan fingerprint density at radius 1 is 1.13 bits per heavy atom. The zero-order chi connectivity index (χ0) is 11.0. The number of benzene rings is 1. The molecule has 0 amide bonds. The summed E-state index contributed by atoms with van der Waals surface area (Å²) >= 11 is 0. The molecule has 0 fully saturated rings. The molecular weight excluding hydrogens is 188 g/mol. The van der Waals surface area contributed by atoms with E-state index in [0.717, 1.165) is 16.7 Å². The topological polar surface area (TPSA) is 52.0 Å². The van der Waals surface area contributed by atoms with Gasteiger partial charge in [-0.15, -0.1) is 0 Å². The maximum absolute atomic E-state index is 5.79. The third kappa shape index (κ3) is 1.61. The van der Waals surface area contributed by atoms with Crippen molar-refractivity contribution < 1.29 is 4.52 Å². The lowest BCUT2D eigenvalue weighted by Crippen LogP contribution is -1.92. The van der Waals surface area contributed by atoms with Crippen LogP contribution in [-0.2, 0) is 0 Å². The highest BCUT2D eigenvalue weighted by atomic mass is 16.5. The highest BCUT2D eigenvalue weighted by Gasteiger charge is 2.13. The quantitative estimate of drug-likeness (QED) is 0.773. The predicted molar refractivity (Wildman–Crippen MR) is 60.6 cm³/mol. The van der Waals surface area contributed by atoms with Gasteiger partial charge in [0.05, 0.1) is 6.20 Å². The number of aryl methyl sites for hydroxylation is 3. The molecule has 0 saturated carbocycles. The van der Waals surface area contributed by atoms with Crippen molar-refractivity contribution in [3.05, 3.63) is 35.0 Å². The smallest absolute Gasteiger partial charge is 0.190 e. The first-order valence-electron chi connectivity index (χ1n) is 4.88. The molecule has 0 aliphatic rings. The number of hydrogen-bond acceptors (Lipinski definition) is 3. The van der Waals surface area contributed by atoms with Crippen LogP contribution in [0.25, 0.3) is 11.3 Å². The lowest BCUT2D eigenvalue weighted by atomic mass is 9.97. The Labute approximate surface area is 88.9 Å². The predicted octanol–water partition coefficient (Wildman–Crippen LogP) is 2.85. The second-order valence-electron chi connectivity index (χ2n) is 3.88. The molecular formula is C12H14N2O. The van der Waals surface area contributed by atoms with Gasteiger partial charge >= 0.3 is 0 Å². The molecule has 0 unspecified atom stereocenters. The fraction of sp³-hybridized carbons (Fsp3) is 0.250. The zero-order valence-corrected chi connectivity index (χ0v) is 9.16. The van der Waals surface area contributed by atoms with Gasteiger partial charge < -0.3 is 10.3 Å². The van der Waals surface area contributed by atoms with Crippen molar-refractivity contribution >= 4 is 5.69 Å². The molecule has 1 aromatic carbocycles. The van der Waals surface area contributed by atoms with Crippen LogP contribution >= 0.6 is 0 Å². The largest absolute Gasteiger partial charge is 0.394 e. The lowest BCUT2D eigenvalue weighted by molar-refractivity contribution is 0.432. The molecule has 0 atom stereocenters. The van der Waals surface area contributed by atoms with Crippen LogP contribution in [0.2, 0.25) is 0 Å². The molecule has 3 heteroatoms. The Morgan fingerprint density at radius 3 is 2.20 bits per heavy atom. The van der Waals surface area contributed by atoms with E-state index in [1.165, 1.54) is 11.8 Å². The van der Waals surface area contributed by atoms with Crippen LogP contribution in [0.15, 0.2) is 22.9 Å². The summed E-state index contributed by atoms with van der Waals surface area (Å²) in [7, 11) is 0. The summed E-state index contributed by atoms with van der Waals surface area (Å²) in [6, 6.07) is 4.23. The van der Waals surface area contributed by atoms with Crippen LogP contribution in [-0.4, -0.2) is 5.16 Å². The zero-order valence-electron chi connectivity index (χ0n) is 9.16. The van der Waals surface area contributed by atoms with Gasteiger partial charge in [0.15, 0.2) is 5.76 Å². The number of nitrogens with zero attached hydrogens (tertiary/aromatic N) is 1. The molecule has 1 heterocycles. The van der Waals surface area contributed by atoms with Gasteiger partial charge in [0.1, 0.15) is 5.69 Å². The summed E-state index contributed by atoms with van der Waals surface area (Å²) in [6.45, 7) is 6.18. The Kier molecular flexibility index (Phi) is 2.23. The molecule has 0 aliphatic heterocycles. The molecule has 15 heavy (non-hydrogen) atoms. The molecule has 2 N–H and O–H groups in total. The molecule has 2 rings (SSSR count). The molecule has 0 aliphatic carbocycles. The molecule has 0 radical (unpaired) electrons. The van der Waals surface area contributed by atoms with E-state index in [1.54, 1.807) is 0 Å². The fourth-order valence-electron chi connectivity index (χ4n) is 1.98. The second-order valence-corrected chi connectivity index (χ2v) is 3.88. The van der Waals surface area contributed by atoms with E-state index in [-0.39, 0.29) is 0 Å². The van der Waals surface area contributed by atoms with Crippen molar-refractivity contribution in [2.45, 2.75) is 20.8 Å². The van der Waals surface area contributed by atoms with E-state index in [1.807, 2.05) is 0 Å². The number of rotatable bonds is 1. The third-order valence-electron chi connectivity index (χ3n) is 2.50. The maximum atomic E-state index is 5.79. The van der Waals surface area contributed by atoms with Gasteiger partial charge in [-0.3, -0.25) is 0 Å². The van der Waals surface area contributed by atoms with Gasteiger partial charge in [0.2, 0.25) is 0 Å². The van der Waals surface area contributed by atoms with Crippen molar-refractivity contribution in [1.82, 2.24) is 5.16 Å². The minimum Gasteiger partial charge on any atom is -0.394 e. The van der Waals surface area contributed by atoms with E-state index < -0.39 is 0 Å². The van der Waals surface area contributed by atoms with E-state index in [4.69, 9.17) is 10.3 Å². The van der Waals surface area contributed by atoms with Gasteiger partial charge in [0.25, 0.3) is 0 Å². The van der Waals surface area contributed by atoms with Crippen LogP contribution < -0.4 is 5.73 Å². The number of aromatic nitrogens is 1. The van der Waals surface area contributed by atoms with Crippen LogP contribution in [0.4, 0.5) is 5.69 Å². The Balaban J connectivity index is 2.68. The van der Waals surface area contributed by atoms with Gasteiger partial charge in [-0.2, -0.15) is 0 Å². The molecule has 0 bridgehead atoms. The first-order valence-corrected chi connectivity index (χ1v) is 4.88. The van der Waals surface area contributed by atoms with Gasteiger partial charge in [0, 0.05) is 5.56 Å². The normalized spacial score (nSPS) is 10.6. The van der Waals surface area contributed by atoms with Crippen LogP contribution in [0.5, 0.6) is 0 Å². The highest BCUT2D eigenvalue weighted by molar-refractivity contribution is 5.75. The summed E-state index contributed by atoms with van der Waals surface area (Å²) < 4.78 is 5.18. The summed E-state index contributed by atoms with van der Waals surface area (Å²) in [5.74, 6) is 0.671. The molecule has 3 nitrogen and oxygen atoms in total. The first-order chi connectivity index (χ1) is 7.09. The van der Waals surface area contributed by atoms with Gasteiger partial charge in [-0.25, -0.2) is 0 Å². The number of nitrogen functional groups attached to an aromatic ring is 1. The average Bonchev–Trinajstić information content (AvgIpc) is 2.50. The van der Waals surface area contributed by atoms with Crippen LogP contribution in [0.1, 0.15) is 16.7 Å². The van der Waals surface area contributed by atoms with Crippen molar-refractivity contribution in [2.75, 3.05) is 5.73 Å². The van der Waals surface area contributed by atoms with Gasteiger partial charge in [-0.1, -0.05) is 22.9 Å². The van der Waals surface area contributed by atoms with E-state index in [9.17, 15) is 0 Å². The third-order valence-corrected chi connectivity index (χ3v) is 2.50. The van der Waals surface area contributed by atoms with Crippen molar-refractivity contribution in [3.8, 4) is 11.3 Å². The Morgan fingerprint density at radius 2 is 1.73 bits per heavy atom. The Hall–Kier alpha value is -1.77. The van der Waals surface area contributed by atoms with Crippen LogP contribution in [0.3, 0.4) is 0 Å². The minimum absolute atomic E-state index is 0.588. The first kappa shape index (κ1) is 9.77. The summed E-state index contributed by atoms with van der Waals surface area (Å²) in [4.78, 5) is 0. The molecule has 0 spiro atoms. The van der Waals surface area contributed by atoms with Gasteiger partial charge in [-0.05, 0) is 31.9 Å². The highest BCUT2D eigenvalue weighted by Crippen LogP contribution is 2.31. The van der Waals surface area contributed by atoms with Crippen molar-refractivity contribution in [3.63, 3.8) is 0 Å². The fourth-order valence-corrected chi connectivity index (χ4v) is 1.98. The second kappa shape index (κ2) is 3.42. The summed E-state index contributed by atoms with van der Waals surface area (Å²) in [5.41, 5.74) is 11.0. The lowest BCUT2D eigenvalue weighted by Gasteiger charge is -2.08.